The molecular formula is C13H12FN5. The zero-order chi connectivity index (χ0) is 13.4. The molecule has 6 heteroatoms. The third kappa shape index (κ3) is 1.97. The molecule has 0 unspecified atom stereocenters. The first-order valence-electron chi connectivity index (χ1n) is 5.73. The molecule has 0 radical (unpaired) electrons. The SMILES string of the molecule is Cn1ccc2ncnc(Nc3ccc(F)cc3N)c21. The van der Waals surface area contributed by atoms with Gasteiger partial charge in [-0.2, -0.15) is 0 Å². The van der Waals surface area contributed by atoms with Gasteiger partial charge >= 0.3 is 0 Å². The van der Waals surface area contributed by atoms with Crippen molar-refractivity contribution in [1.82, 2.24) is 14.5 Å². The Morgan fingerprint density at radius 3 is 2.89 bits per heavy atom. The van der Waals surface area contributed by atoms with Crippen molar-refractivity contribution in [3.63, 3.8) is 0 Å². The Kier molecular flexibility index (Phi) is 2.56. The molecular weight excluding hydrogens is 245 g/mol. The van der Waals surface area contributed by atoms with Crippen LogP contribution in [0.2, 0.25) is 0 Å². The number of hydrogen-bond acceptors (Lipinski definition) is 4. The Labute approximate surface area is 108 Å². The number of nitrogen functional groups attached to an aromatic ring is 1. The molecule has 0 bridgehead atoms. The monoisotopic (exact) mass is 257 g/mol. The van der Waals surface area contributed by atoms with Crippen molar-refractivity contribution in [3.8, 4) is 0 Å². The minimum absolute atomic E-state index is 0.334. The van der Waals surface area contributed by atoms with Gasteiger partial charge in [-0.1, -0.05) is 0 Å². The fraction of sp³-hybridized carbons (Fsp3) is 0.0769. The lowest BCUT2D eigenvalue weighted by Crippen LogP contribution is -2.01. The van der Waals surface area contributed by atoms with Gasteiger partial charge in [0.1, 0.15) is 17.7 Å². The summed E-state index contributed by atoms with van der Waals surface area (Å²) in [6.07, 6.45) is 3.38. The van der Waals surface area contributed by atoms with E-state index in [4.69, 9.17) is 5.73 Å². The van der Waals surface area contributed by atoms with Crippen LogP contribution in [0.4, 0.5) is 21.6 Å². The lowest BCUT2D eigenvalue weighted by Gasteiger charge is -2.10. The second-order valence-electron chi connectivity index (χ2n) is 4.24. The molecule has 0 aliphatic carbocycles. The number of halogens is 1. The average molecular weight is 257 g/mol. The number of anilines is 3. The normalized spacial score (nSPS) is 10.8. The van der Waals surface area contributed by atoms with Crippen molar-refractivity contribution in [2.24, 2.45) is 7.05 Å². The third-order valence-electron chi connectivity index (χ3n) is 2.93. The summed E-state index contributed by atoms with van der Waals surface area (Å²) >= 11 is 0. The number of aryl methyl sites for hydroxylation is 1. The number of fused-ring (bicyclic) bond motifs is 1. The summed E-state index contributed by atoms with van der Waals surface area (Å²) in [5.74, 6) is 0.269. The second-order valence-corrected chi connectivity index (χ2v) is 4.24. The van der Waals surface area contributed by atoms with E-state index in [-0.39, 0.29) is 5.82 Å². The van der Waals surface area contributed by atoms with Crippen LogP contribution in [0.5, 0.6) is 0 Å². The lowest BCUT2D eigenvalue weighted by atomic mass is 10.2. The van der Waals surface area contributed by atoms with Gasteiger partial charge in [0.05, 0.1) is 16.9 Å². The van der Waals surface area contributed by atoms with Crippen LogP contribution in [0, 0.1) is 5.82 Å². The van der Waals surface area contributed by atoms with Crippen molar-refractivity contribution < 1.29 is 4.39 Å². The number of hydrogen-bond donors (Lipinski definition) is 2. The van der Waals surface area contributed by atoms with Crippen LogP contribution in [0.25, 0.3) is 11.0 Å². The van der Waals surface area contributed by atoms with Gasteiger partial charge in [0.15, 0.2) is 5.82 Å². The smallest absolute Gasteiger partial charge is 0.158 e. The summed E-state index contributed by atoms with van der Waals surface area (Å²) in [5, 5.41) is 3.11. The fourth-order valence-electron chi connectivity index (χ4n) is 1.99. The molecule has 0 fully saturated rings. The largest absolute Gasteiger partial charge is 0.397 e. The molecule has 3 aromatic rings. The molecule has 2 heterocycles. The van der Waals surface area contributed by atoms with Crippen molar-refractivity contribution in [1.29, 1.82) is 0 Å². The third-order valence-corrected chi connectivity index (χ3v) is 2.93. The predicted octanol–water partition coefficient (Wildman–Crippen LogP) is 2.43. The fourth-order valence-corrected chi connectivity index (χ4v) is 1.99. The molecule has 2 aromatic heterocycles. The Morgan fingerprint density at radius 1 is 1.26 bits per heavy atom. The van der Waals surface area contributed by atoms with Crippen LogP contribution in [0.3, 0.4) is 0 Å². The second kappa shape index (κ2) is 4.24. The van der Waals surface area contributed by atoms with Crippen LogP contribution in [0.1, 0.15) is 0 Å². The Balaban J connectivity index is 2.08. The molecule has 0 amide bonds. The highest BCUT2D eigenvalue weighted by atomic mass is 19.1. The number of nitrogens with one attached hydrogen (secondary N) is 1. The summed E-state index contributed by atoms with van der Waals surface area (Å²) in [4.78, 5) is 8.38. The minimum Gasteiger partial charge on any atom is -0.397 e. The van der Waals surface area contributed by atoms with Crippen molar-refractivity contribution in [3.05, 3.63) is 42.6 Å². The first kappa shape index (κ1) is 11.5. The van der Waals surface area contributed by atoms with Gasteiger partial charge in [-0.15, -0.1) is 0 Å². The maximum absolute atomic E-state index is 13.0. The van der Waals surface area contributed by atoms with Gasteiger partial charge in [-0.05, 0) is 24.3 Å². The minimum atomic E-state index is -0.366. The van der Waals surface area contributed by atoms with Gasteiger partial charge in [-0.3, -0.25) is 0 Å². The van der Waals surface area contributed by atoms with Gasteiger partial charge in [0, 0.05) is 13.2 Å². The zero-order valence-electron chi connectivity index (χ0n) is 10.3. The quantitative estimate of drug-likeness (QED) is 0.692. The summed E-state index contributed by atoms with van der Waals surface area (Å²) in [6, 6.07) is 6.10. The Morgan fingerprint density at radius 2 is 2.11 bits per heavy atom. The van der Waals surface area contributed by atoms with E-state index in [1.807, 2.05) is 23.9 Å². The highest BCUT2D eigenvalue weighted by Gasteiger charge is 2.09. The molecule has 0 saturated carbocycles. The molecule has 0 spiro atoms. The molecule has 0 aliphatic heterocycles. The summed E-state index contributed by atoms with van der Waals surface area (Å²) in [7, 11) is 1.91. The maximum atomic E-state index is 13.0. The van der Waals surface area contributed by atoms with Gasteiger partial charge in [0.25, 0.3) is 0 Å². The summed E-state index contributed by atoms with van der Waals surface area (Å²) < 4.78 is 14.9. The average Bonchev–Trinajstić information content (AvgIpc) is 2.76. The molecule has 0 atom stereocenters. The molecule has 19 heavy (non-hydrogen) atoms. The topological polar surface area (TPSA) is 68.8 Å². The van der Waals surface area contributed by atoms with Crippen LogP contribution in [-0.2, 0) is 7.05 Å². The molecule has 3 N–H and O–H groups in total. The van der Waals surface area contributed by atoms with Crippen LogP contribution < -0.4 is 11.1 Å². The maximum Gasteiger partial charge on any atom is 0.158 e. The van der Waals surface area contributed by atoms with E-state index in [0.717, 1.165) is 11.0 Å². The highest BCUT2D eigenvalue weighted by Crippen LogP contribution is 2.26. The van der Waals surface area contributed by atoms with Crippen LogP contribution in [-0.4, -0.2) is 14.5 Å². The van der Waals surface area contributed by atoms with Gasteiger partial charge < -0.3 is 15.6 Å². The molecule has 0 saturated heterocycles. The zero-order valence-corrected chi connectivity index (χ0v) is 10.3. The Hall–Kier alpha value is -2.63. The van der Waals surface area contributed by atoms with E-state index < -0.39 is 0 Å². The van der Waals surface area contributed by atoms with Crippen molar-refractivity contribution in [2.75, 3.05) is 11.1 Å². The van der Waals surface area contributed by atoms with Crippen molar-refractivity contribution >= 4 is 28.2 Å². The first-order valence-corrected chi connectivity index (χ1v) is 5.73. The van der Waals surface area contributed by atoms with E-state index in [1.165, 1.54) is 18.5 Å². The van der Waals surface area contributed by atoms with E-state index in [1.54, 1.807) is 6.07 Å². The standard InChI is InChI=1S/C13H12FN5/c1-19-5-4-11-12(19)13(17-7-16-11)18-10-3-2-8(14)6-9(10)15/h2-7H,15H2,1H3,(H,16,17,18). The molecule has 96 valence electrons. The highest BCUT2D eigenvalue weighted by molar-refractivity contribution is 5.89. The van der Waals surface area contributed by atoms with Crippen LogP contribution in [0.15, 0.2) is 36.8 Å². The number of nitrogens with two attached hydrogens (primary N) is 1. The number of benzene rings is 1. The molecule has 5 nitrogen and oxygen atoms in total. The molecule has 3 rings (SSSR count). The van der Waals surface area contributed by atoms with Crippen molar-refractivity contribution in [2.45, 2.75) is 0 Å². The van der Waals surface area contributed by atoms with Gasteiger partial charge in [0.2, 0.25) is 0 Å². The lowest BCUT2D eigenvalue weighted by molar-refractivity contribution is 0.628. The summed E-state index contributed by atoms with van der Waals surface area (Å²) in [6.45, 7) is 0. The predicted molar refractivity (Wildman–Crippen MR) is 72.6 cm³/mol. The van der Waals surface area contributed by atoms with E-state index in [9.17, 15) is 4.39 Å². The Bertz CT molecular complexity index is 750. The van der Waals surface area contributed by atoms with Gasteiger partial charge in [-0.25, -0.2) is 14.4 Å². The summed E-state index contributed by atoms with van der Waals surface area (Å²) in [5.41, 5.74) is 8.42. The number of rotatable bonds is 2. The number of aromatic nitrogens is 3. The molecule has 0 aliphatic rings. The van der Waals surface area contributed by atoms with Crippen LogP contribution >= 0.6 is 0 Å². The molecule has 1 aromatic carbocycles. The number of nitrogens with zero attached hydrogens (tertiary/aromatic N) is 3. The van der Waals surface area contributed by atoms with E-state index in [2.05, 4.69) is 15.3 Å². The van der Waals surface area contributed by atoms with E-state index >= 15 is 0 Å². The van der Waals surface area contributed by atoms with E-state index in [0.29, 0.717) is 17.2 Å². The first-order chi connectivity index (χ1) is 9.15.